The molecule has 8 heteroatoms. The van der Waals surface area contributed by atoms with E-state index in [0.29, 0.717) is 42.5 Å². The van der Waals surface area contributed by atoms with Crippen LogP contribution in [0.4, 0.5) is 5.82 Å². The lowest BCUT2D eigenvalue weighted by Gasteiger charge is -2.25. The van der Waals surface area contributed by atoms with E-state index in [1.165, 1.54) is 13.1 Å². The number of ether oxygens (including phenoxy) is 1. The first-order valence-electron chi connectivity index (χ1n) is 10.3. The number of aldehydes is 1. The van der Waals surface area contributed by atoms with Crippen LogP contribution in [0.15, 0.2) is 67.3 Å². The highest BCUT2D eigenvalue weighted by atomic mass is 16.5. The Labute approximate surface area is 187 Å². The van der Waals surface area contributed by atoms with Crippen LogP contribution in [-0.2, 0) is 11.3 Å². The number of fused-ring (bicyclic) bond motifs is 1. The second-order valence-electron chi connectivity index (χ2n) is 7.05. The van der Waals surface area contributed by atoms with Crippen molar-refractivity contribution in [2.45, 2.75) is 6.54 Å². The van der Waals surface area contributed by atoms with Crippen LogP contribution in [0.3, 0.4) is 0 Å². The molecule has 0 fully saturated rings. The molecule has 0 spiro atoms. The van der Waals surface area contributed by atoms with E-state index in [9.17, 15) is 9.59 Å². The molecule has 0 bridgehead atoms. The van der Waals surface area contributed by atoms with E-state index < -0.39 is 0 Å². The third-order valence-corrected chi connectivity index (χ3v) is 4.95. The number of para-hydroxylation sites is 1. The van der Waals surface area contributed by atoms with Gasteiger partial charge in [0.1, 0.15) is 23.0 Å². The van der Waals surface area contributed by atoms with Crippen LogP contribution in [0.5, 0.6) is 11.5 Å². The fourth-order valence-corrected chi connectivity index (χ4v) is 3.43. The summed E-state index contributed by atoms with van der Waals surface area (Å²) in [5, 5.41) is 10.7. The lowest BCUT2D eigenvalue weighted by molar-refractivity contribution is -0.116. The second-order valence-corrected chi connectivity index (χ2v) is 7.05. The van der Waals surface area contributed by atoms with Crippen LogP contribution in [0.2, 0.25) is 0 Å². The molecule has 0 radical (unpaired) electrons. The van der Waals surface area contributed by atoms with Crippen molar-refractivity contribution in [2.75, 3.05) is 25.5 Å². The largest absolute Gasteiger partial charge is 0.457 e. The zero-order chi connectivity index (χ0) is 22.9. The van der Waals surface area contributed by atoms with Gasteiger partial charge in [0.2, 0.25) is 5.91 Å². The Morgan fingerprint density at radius 2 is 1.91 bits per heavy atom. The molecule has 1 amide bonds. The highest BCUT2D eigenvalue weighted by Gasteiger charge is 2.25. The molecule has 1 aromatic heterocycles. The molecular weight excluding hydrogens is 406 g/mol. The number of rotatable bonds is 7. The zero-order valence-electron chi connectivity index (χ0n) is 18.0. The average molecular weight is 434 g/mol. The number of hydrogen-bond acceptors (Lipinski definition) is 6. The van der Waals surface area contributed by atoms with Crippen molar-refractivity contribution in [1.29, 1.82) is 0 Å². The van der Waals surface area contributed by atoms with Crippen molar-refractivity contribution in [3.8, 4) is 22.8 Å². The molecule has 1 unspecified atom stereocenters. The molecule has 1 aliphatic heterocycles. The number of aromatic nitrogens is 2. The first-order chi connectivity index (χ1) is 15.7. The Balaban J connectivity index is 0.00000141. The van der Waals surface area contributed by atoms with E-state index in [2.05, 4.69) is 28.0 Å². The van der Waals surface area contributed by atoms with Gasteiger partial charge in [0.25, 0.3) is 0 Å². The number of hydrogen-bond donors (Lipinski definition) is 3. The molecule has 8 nitrogen and oxygen atoms in total. The van der Waals surface area contributed by atoms with Crippen LogP contribution in [0.1, 0.15) is 10.4 Å². The molecule has 166 valence electrons. The van der Waals surface area contributed by atoms with E-state index in [-0.39, 0.29) is 11.8 Å². The SMILES string of the molecule is C=CC(=O)NCC1CNc2c(C=O)c(-c3ccc(Oc4ccccc4)cc3)nn2C1.CN. The van der Waals surface area contributed by atoms with Gasteiger partial charge in [-0.3, -0.25) is 9.59 Å². The molecule has 32 heavy (non-hydrogen) atoms. The summed E-state index contributed by atoms with van der Waals surface area (Å²) in [4.78, 5) is 23.2. The summed E-state index contributed by atoms with van der Waals surface area (Å²) in [5.41, 5.74) is 6.48. The van der Waals surface area contributed by atoms with Gasteiger partial charge < -0.3 is 21.1 Å². The third kappa shape index (κ3) is 5.22. The molecule has 1 atom stereocenters. The predicted molar refractivity (Wildman–Crippen MR) is 125 cm³/mol. The Kier molecular flexibility index (Phi) is 7.77. The third-order valence-electron chi connectivity index (χ3n) is 4.95. The molecule has 4 N–H and O–H groups in total. The number of nitrogens with one attached hydrogen (secondary N) is 2. The summed E-state index contributed by atoms with van der Waals surface area (Å²) in [6.45, 7) is 5.22. The fraction of sp³-hybridized carbons (Fsp3) is 0.208. The van der Waals surface area contributed by atoms with E-state index in [1.807, 2.05) is 54.6 Å². The summed E-state index contributed by atoms with van der Waals surface area (Å²) >= 11 is 0. The van der Waals surface area contributed by atoms with Gasteiger partial charge in [-0.2, -0.15) is 5.10 Å². The Hall–Kier alpha value is -3.91. The number of anilines is 1. The van der Waals surface area contributed by atoms with Gasteiger partial charge in [-0.15, -0.1) is 0 Å². The first kappa shape index (κ1) is 22.8. The summed E-state index contributed by atoms with van der Waals surface area (Å²) < 4.78 is 7.62. The minimum atomic E-state index is -0.201. The highest BCUT2D eigenvalue weighted by molar-refractivity contribution is 5.92. The summed E-state index contributed by atoms with van der Waals surface area (Å²) in [7, 11) is 1.50. The summed E-state index contributed by atoms with van der Waals surface area (Å²) in [6.07, 6.45) is 2.08. The maximum absolute atomic E-state index is 11.8. The summed E-state index contributed by atoms with van der Waals surface area (Å²) in [5.74, 6) is 2.13. The lowest BCUT2D eigenvalue weighted by atomic mass is 10.1. The zero-order valence-corrected chi connectivity index (χ0v) is 18.0. The Bertz CT molecular complexity index is 1060. The van der Waals surface area contributed by atoms with Crippen LogP contribution in [-0.4, -0.2) is 42.1 Å². The highest BCUT2D eigenvalue weighted by Crippen LogP contribution is 2.32. The molecule has 1 aliphatic rings. The van der Waals surface area contributed by atoms with Crippen LogP contribution < -0.4 is 21.1 Å². The molecule has 3 aromatic rings. The fourth-order valence-electron chi connectivity index (χ4n) is 3.43. The number of benzene rings is 2. The van der Waals surface area contributed by atoms with Gasteiger partial charge in [0.15, 0.2) is 6.29 Å². The minimum Gasteiger partial charge on any atom is -0.457 e. The number of carbonyl (C=O) groups excluding carboxylic acids is 2. The average Bonchev–Trinajstić information content (AvgIpc) is 3.22. The van der Waals surface area contributed by atoms with Crippen molar-refractivity contribution in [3.05, 3.63) is 72.8 Å². The van der Waals surface area contributed by atoms with Crippen molar-refractivity contribution >= 4 is 18.0 Å². The smallest absolute Gasteiger partial charge is 0.243 e. The van der Waals surface area contributed by atoms with Crippen molar-refractivity contribution in [3.63, 3.8) is 0 Å². The molecule has 0 saturated carbocycles. The molecule has 2 heterocycles. The van der Waals surface area contributed by atoms with Gasteiger partial charge in [-0.1, -0.05) is 24.8 Å². The van der Waals surface area contributed by atoms with E-state index in [1.54, 1.807) is 4.68 Å². The topological polar surface area (TPSA) is 111 Å². The molecule has 2 aromatic carbocycles. The monoisotopic (exact) mass is 433 g/mol. The van der Waals surface area contributed by atoms with Crippen LogP contribution >= 0.6 is 0 Å². The first-order valence-corrected chi connectivity index (χ1v) is 10.3. The molecule has 4 rings (SSSR count). The normalized spacial score (nSPS) is 14.1. The maximum Gasteiger partial charge on any atom is 0.243 e. The quantitative estimate of drug-likeness (QED) is 0.390. The molecule has 0 aliphatic carbocycles. The van der Waals surface area contributed by atoms with Crippen LogP contribution in [0.25, 0.3) is 11.3 Å². The predicted octanol–water partition coefficient (Wildman–Crippen LogP) is 3.07. The van der Waals surface area contributed by atoms with Gasteiger partial charge >= 0.3 is 0 Å². The molecule has 0 saturated heterocycles. The second kappa shape index (κ2) is 10.9. The van der Waals surface area contributed by atoms with Crippen molar-refractivity contribution < 1.29 is 14.3 Å². The Morgan fingerprint density at radius 3 is 2.56 bits per heavy atom. The summed E-state index contributed by atoms with van der Waals surface area (Å²) in [6, 6.07) is 17.0. The minimum absolute atomic E-state index is 0.162. The van der Waals surface area contributed by atoms with E-state index in [4.69, 9.17) is 4.74 Å². The van der Waals surface area contributed by atoms with Gasteiger partial charge in [-0.25, -0.2) is 4.68 Å². The lowest BCUT2D eigenvalue weighted by Crippen LogP contribution is -2.37. The van der Waals surface area contributed by atoms with Gasteiger partial charge in [0.05, 0.1) is 5.56 Å². The number of nitrogens with zero attached hydrogens (tertiary/aromatic N) is 2. The Morgan fingerprint density at radius 1 is 1.22 bits per heavy atom. The van der Waals surface area contributed by atoms with Crippen molar-refractivity contribution in [2.24, 2.45) is 11.7 Å². The van der Waals surface area contributed by atoms with E-state index in [0.717, 1.165) is 17.6 Å². The van der Waals surface area contributed by atoms with E-state index >= 15 is 0 Å². The molecular formula is C24H27N5O3. The van der Waals surface area contributed by atoms with Crippen molar-refractivity contribution in [1.82, 2.24) is 15.1 Å². The maximum atomic E-state index is 11.8. The van der Waals surface area contributed by atoms with Crippen LogP contribution in [0, 0.1) is 5.92 Å². The van der Waals surface area contributed by atoms with Gasteiger partial charge in [0, 0.05) is 31.1 Å². The number of carbonyl (C=O) groups is 2. The number of nitrogens with two attached hydrogens (primary N) is 1. The number of amides is 1. The van der Waals surface area contributed by atoms with Gasteiger partial charge in [-0.05, 0) is 49.5 Å². The standard InChI is InChI=1S/C23H22N4O3.CH5N/c1-2-21(29)24-12-16-13-25-23-20(15-28)22(26-27(23)14-16)17-8-10-19(11-9-17)30-18-6-4-3-5-7-18;1-2/h2-11,15-16,25H,1,12-14H2,(H,24,29);2H2,1H3.